The number of para-hydroxylation sites is 1. The maximum Gasteiger partial charge on any atom is 0.276 e. The van der Waals surface area contributed by atoms with E-state index in [1.54, 1.807) is 12.1 Å². The molecule has 1 aliphatic rings. The third-order valence-corrected chi connectivity index (χ3v) is 6.46. The molecule has 0 N–H and O–H groups in total. The van der Waals surface area contributed by atoms with Gasteiger partial charge < -0.3 is 0 Å². The average Bonchev–Trinajstić information content (AvgIpc) is 3.13. The van der Waals surface area contributed by atoms with Crippen molar-refractivity contribution in [3.63, 3.8) is 0 Å². The lowest BCUT2D eigenvalue weighted by Crippen LogP contribution is -2.51. The van der Waals surface area contributed by atoms with Crippen molar-refractivity contribution in [2.45, 2.75) is 117 Å². The molecule has 1 aromatic rings. The van der Waals surface area contributed by atoms with Gasteiger partial charge in [-0.15, -0.1) is 0 Å². The minimum atomic E-state index is -0.937. The molecule has 0 fully saturated rings. The van der Waals surface area contributed by atoms with Gasteiger partial charge in [0.25, 0.3) is 5.91 Å². The van der Waals surface area contributed by atoms with Crippen molar-refractivity contribution in [2.75, 3.05) is 5.01 Å². The third kappa shape index (κ3) is 8.69. The Morgan fingerprint density at radius 1 is 0.794 bits per heavy atom. The molecule has 0 radical (unpaired) electrons. The number of hydrogen-bond donors (Lipinski definition) is 0. The fourth-order valence-corrected chi connectivity index (χ4v) is 4.60. The molecule has 0 aromatic heterocycles. The van der Waals surface area contributed by atoms with Crippen LogP contribution in [-0.4, -0.2) is 34.4 Å². The van der Waals surface area contributed by atoms with E-state index in [0.717, 1.165) is 24.2 Å². The quantitative estimate of drug-likeness (QED) is 0.255. The summed E-state index contributed by atoms with van der Waals surface area (Å²) in [7, 11) is 0. The number of rotatable bonds is 16. The highest BCUT2D eigenvalue weighted by Crippen LogP contribution is 2.26. The van der Waals surface area contributed by atoms with Crippen LogP contribution in [-0.2, 0) is 14.4 Å². The summed E-state index contributed by atoms with van der Waals surface area (Å²) in [5, 5.41) is 5.89. The van der Waals surface area contributed by atoms with Crippen molar-refractivity contribution < 1.29 is 14.4 Å². The van der Waals surface area contributed by atoms with Gasteiger partial charge in [0.05, 0.1) is 11.4 Å². The van der Waals surface area contributed by atoms with Gasteiger partial charge in [-0.2, -0.15) is 10.1 Å². The predicted octanol–water partition coefficient (Wildman–Crippen LogP) is 6.63. The van der Waals surface area contributed by atoms with Gasteiger partial charge in [-0.1, -0.05) is 102 Å². The third-order valence-electron chi connectivity index (χ3n) is 6.46. The highest BCUT2D eigenvalue weighted by atomic mass is 16.2. The molecule has 2 rings (SSSR count). The van der Waals surface area contributed by atoms with Gasteiger partial charge >= 0.3 is 0 Å². The van der Waals surface area contributed by atoms with Gasteiger partial charge in [0.2, 0.25) is 11.8 Å². The molecule has 1 aliphatic heterocycles. The van der Waals surface area contributed by atoms with E-state index in [1.807, 2.05) is 18.2 Å². The van der Waals surface area contributed by atoms with Crippen LogP contribution in [0.25, 0.3) is 0 Å². The lowest BCUT2D eigenvalue weighted by Gasteiger charge is -2.24. The second kappa shape index (κ2) is 15.4. The normalized spacial score (nSPS) is 15.5. The van der Waals surface area contributed by atoms with Crippen molar-refractivity contribution in [1.82, 2.24) is 4.90 Å². The van der Waals surface area contributed by atoms with Crippen molar-refractivity contribution >= 4 is 29.1 Å². The van der Waals surface area contributed by atoms with E-state index in [-0.39, 0.29) is 5.91 Å². The molecule has 1 unspecified atom stereocenters. The molecule has 6 heteroatoms. The van der Waals surface area contributed by atoms with Gasteiger partial charge in [-0.25, -0.2) is 0 Å². The van der Waals surface area contributed by atoms with E-state index in [0.29, 0.717) is 17.8 Å². The Morgan fingerprint density at radius 3 is 1.74 bits per heavy atom. The van der Waals surface area contributed by atoms with Gasteiger partial charge in [0.15, 0.2) is 6.04 Å². The maximum atomic E-state index is 13.2. The summed E-state index contributed by atoms with van der Waals surface area (Å²) in [6, 6.07) is 8.22. The molecular weight excluding hydrogens is 426 g/mol. The number of benzene rings is 1. The summed E-state index contributed by atoms with van der Waals surface area (Å²) in [6.45, 7) is 4.90. The number of hydrazone groups is 1. The minimum Gasteiger partial charge on any atom is -0.275 e. The van der Waals surface area contributed by atoms with Crippen LogP contribution < -0.4 is 5.01 Å². The zero-order valence-electron chi connectivity index (χ0n) is 21.4. The molecule has 1 aromatic carbocycles. The lowest BCUT2D eigenvalue weighted by atomic mass is 10.0. The molecule has 6 nitrogen and oxygen atoms in total. The molecule has 0 saturated heterocycles. The number of carbonyl (C=O) groups excluding carboxylic acids is 3. The number of amides is 3. The summed E-state index contributed by atoms with van der Waals surface area (Å²) in [6.07, 6.45) is 17.1. The van der Waals surface area contributed by atoms with Crippen LogP contribution in [0, 0.1) is 0 Å². The fraction of sp³-hybridized carbons (Fsp3) is 0.643. The summed E-state index contributed by atoms with van der Waals surface area (Å²) in [5.74, 6) is -1.21. The molecular formula is C28H43N3O3. The van der Waals surface area contributed by atoms with Gasteiger partial charge in [0.1, 0.15) is 0 Å². The van der Waals surface area contributed by atoms with Crippen molar-refractivity contribution in [3.8, 4) is 0 Å². The molecule has 1 heterocycles. The molecule has 34 heavy (non-hydrogen) atoms. The monoisotopic (exact) mass is 469 g/mol. The topological polar surface area (TPSA) is 70.1 Å². The fourth-order valence-electron chi connectivity index (χ4n) is 4.60. The number of unbranched alkanes of at least 4 members (excludes halogenated alkanes) is 12. The van der Waals surface area contributed by atoms with Crippen LogP contribution in [0.3, 0.4) is 0 Å². The van der Waals surface area contributed by atoms with Gasteiger partial charge in [-0.3, -0.25) is 19.3 Å². The highest BCUT2D eigenvalue weighted by molar-refractivity contribution is 6.22. The van der Waals surface area contributed by atoms with Crippen LogP contribution in [0.5, 0.6) is 0 Å². The highest BCUT2D eigenvalue weighted by Gasteiger charge is 2.43. The van der Waals surface area contributed by atoms with Crippen molar-refractivity contribution in [3.05, 3.63) is 30.3 Å². The Kier molecular flexibility index (Phi) is 12.6. The van der Waals surface area contributed by atoms with E-state index in [1.165, 1.54) is 83.1 Å². The van der Waals surface area contributed by atoms with Crippen LogP contribution in [0.15, 0.2) is 35.4 Å². The molecule has 1 atom stereocenters. The second-order valence-corrected chi connectivity index (χ2v) is 9.38. The predicted molar refractivity (Wildman–Crippen MR) is 139 cm³/mol. The molecule has 0 saturated carbocycles. The minimum absolute atomic E-state index is 0.346. The average molecular weight is 470 g/mol. The first-order valence-electron chi connectivity index (χ1n) is 13.2. The van der Waals surface area contributed by atoms with Crippen molar-refractivity contribution in [2.24, 2.45) is 5.10 Å². The Hall–Kier alpha value is -2.50. The number of anilines is 1. The Labute approximate surface area is 205 Å². The number of nitrogens with zero attached hydrogens (tertiary/aromatic N) is 3. The van der Waals surface area contributed by atoms with Crippen LogP contribution >= 0.6 is 0 Å². The molecule has 0 spiro atoms. The molecule has 0 bridgehead atoms. The number of carbonyl (C=O) groups is 3. The summed E-state index contributed by atoms with van der Waals surface area (Å²) < 4.78 is 0. The first-order chi connectivity index (χ1) is 16.5. The summed E-state index contributed by atoms with van der Waals surface area (Å²) in [5.41, 5.74) is 1.24. The van der Waals surface area contributed by atoms with E-state index in [4.69, 9.17) is 0 Å². The SMILES string of the molecule is CCCCCCCCCCCCCCCC1=NN(c2ccccc2)C(=O)C1N(C(C)=O)C(C)=O. The second-order valence-electron chi connectivity index (χ2n) is 9.38. The lowest BCUT2D eigenvalue weighted by molar-refractivity contribution is -0.146. The largest absolute Gasteiger partial charge is 0.276 e. The zero-order chi connectivity index (χ0) is 24.8. The molecule has 0 aliphatic carbocycles. The van der Waals surface area contributed by atoms with Crippen molar-refractivity contribution in [1.29, 1.82) is 0 Å². The summed E-state index contributed by atoms with van der Waals surface area (Å²) in [4.78, 5) is 38.6. The Balaban J connectivity index is 1.79. The van der Waals surface area contributed by atoms with Gasteiger partial charge in [-0.05, 0) is 25.0 Å². The van der Waals surface area contributed by atoms with Crippen LogP contribution in [0.4, 0.5) is 5.69 Å². The summed E-state index contributed by atoms with van der Waals surface area (Å²) >= 11 is 0. The van der Waals surface area contributed by atoms with E-state index in [2.05, 4.69) is 12.0 Å². The number of imide groups is 1. The van der Waals surface area contributed by atoms with E-state index >= 15 is 0 Å². The maximum absolute atomic E-state index is 13.2. The van der Waals surface area contributed by atoms with Crippen LogP contribution in [0.2, 0.25) is 0 Å². The van der Waals surface area contributed by atoms with E-state index in [9.17, 15) is 14.4 Å². The van der Waals surface area contributed by atoms with E-state index < -0.39 is 17.9 Å². The standard InChI is InChI=1S/C28H43N3O3/c1-4-5-6-7-8-9-10-11-12-13-14-15-19-22-26-27(30(23(2)32)24(3)33)28(34)31(29-26)25-20-17-16-18-21-25/h16-18,20-21,27H,4-15,19,22H2,1-3H3. The number of hydrogen-bond acceptors (Lipinski definition) is 4. The zero-order valence-corrected chi connectivity index (χ0v) is 21.4. The first kappa shape index (κ1) is 27.7. The Bertz CT molecular complexity index is 792. The van der Waals surface area contributed by atoms with Crippen LogP contribution in [0.1, 0.15) is 111 Å². The van der Waals surface area contributed by atoms with Gasteiger partial charge in [0, 0.05) is 13.8 Å². The molecule has 3 amide bonds. The molecule has 188 valence electrons. The Morgan fingerprint density at radius 2 is 1.26 bits per heavy atom. The first-order valence-corrected chi connectivity index (χ1v) is 13.2. The smallest absolute Gasteiger partial charge is 0.275 e.